The lowest BCUT2D eigenvalue weighted by Gasteiger charge is -2.26. The molecule has 0 aliphatic rings. The van der Waals surface area contributed by atoms with Crippen LogP contribution >= 0.6 is 12.2 Å². The summed E-state index contributed by atoms with van der Waals surface area (Å²) in [7, 11) is 0. The van der Waals surface area contributed by atoms with Crippen molar-refractivity contribution >= 4 is 17.3 Å². The number of aliphatic hydroxyl groups is 1. The summed E-state index contributed by atoms with van der Waals surface area (Å²) in [4.78, 5) is 0. The van der Waals surface area contributed by atoms with Crippen molar-refractivity contribution in [2.75, 3.05) is 6.61 Å². The van der Waals surface area contributed by atoms with Crippen molar-refractivity contribution in [3.63, 3.8) is 0 Å². The van der Waals surface area contributed by atoms with Crippen LogP contribution in [0.15, 0.2) is 0 Å². The Morgan fingerprint density at radius 1 is 1.50 bits per heavy atom. The van der Waals surface area contributed by atoms with Gasteiger partial charge in [0.25, 0.3) is 0 Å². The Hall–Kier alpha value is -0.350. The molecule has 0 rings (SSSR count). The summed E-state index contributed by atoms with van der Waals surface area (Å²) in [5, 5.41) is 15.6. The summed E-state index contributed by atoms with van der Waals surface area (Å²) < 4.78 is 0. The van der Waals surface area contributed by atoms with Crippen LogP contribution in [-0.4, -0.2) is 28.4 Å². The molecule has 0 aromatic rings. The summed E-state index contributed by atoms with van der Waals surface area (Å²) in [6.07, 6.45) is 0. The molecule has 0 aromatic heterocycles. The molecule has 0 saturated carbocycles. The molecule has 0 amide bonds. The zero-order valence-electron chi connectivity index (χ0n) is 8.14. The van der Waals surface area contributed by atoms with Crippen LogP contribution in [0, 0.1) is 0 Å². The maximum absolute atomic E-state index is 8.93. The van der Waals surface area contributed by atoms with Gasteiger partial charge in [-0.25, -0.2) is 0 Å². The lowest BCUT2D eigenvalue weighted by molar-refractivity contribution is 0.206. The summed E-state index contributed by atoms with van der Waals surface area (Å²) in [5.41, 5.74) is -0.348. The van der Waals surface area contributed by atoms with Crippen molar-refractivity contribution in [1.82, 2.24) is 10.6 Å². The van der Waals surface area contributed by atoms with Gasteiger partial charge in [-0.1, -0.05) is 0 Å². The van der Waals surface area contributed by atoms with Crippen LogP contribution in [0.3, 0.4) is 0 Å². The molecule has 0 fully saturated rings. The van der Waals surface area contributed by atoms with Crippen molar-refractivity contribution in [2.45, 2.75) is 39.3 Å². The van der Waals surface area contributed by atoms with E-state index in [1.165, 1.54) is 0 Å². The van der Waals surface area contributed by atoms with Crippen molar-refractivity contribution < 1.29 is 5.11 Å². The average Bonchev–Trinajstić information content (AvgIpc) is 1.84. The molecule has 0 radical (unpaired) electrons. The predicted octanol–water partition coefficient (Wildman–Crippen LogP) is 0.630. The van der Waals surface area contributed by atoms with Gasteiger partial charge < -0.3 is 15.7 Å². The normalized spacial score (nSPS) is 11.5. The van der Waals surface area contributed by atoms with E-state index in [2.05, 4.69) is 10.6 Å². The second-order valence-corrected chi connectivity index (χ2v) is 4.20. The number of nitrogens with one attached hydrogen (secondary N) is 2. The number of aliphatic hydroxyl groups excluding tert-OH is 1. The van der Waals surface area contributed by atoms with Gasteiger partial charge in [0, 0.05) is 6.04 Å². The van der Waals surface area contributed by atoms with Gasteiger partial charge in [0.05, 0.1) is 12.1 Å². The van der Waals surface area contributed by atoms with Crippen molar-refractivity contribution in [3.05, 3.63) is 0 Å². The molecule has 0 unspecified atom stereocenters. The van der Waals surface area contributed by atoms with Gasteiger partial charge in [0.1, 0.15) is 0 Å². The van der Waals surface area contributed by atoms with Crippen LogP contribution in [0.25, 0.3) is 0 Å². The standard InChI is InChI=1S/C8H18N2OS/c1-6(2)9-7(12)10-8(3,4)5-11/h6,11H,5H2,1-4H3,(H2,9,10,12). The van der Waals surface area contributed by atoms with E-state index in [0.29, 0.717) is 11.2 Å². The third-order valence-electron chi connectivity index (χ3n) is 1.27. The Kier molecular flexibility index (Phi) is 4.49. The SMILES string of the molecule is CC(C)NC(=S)NC(C)(C)CO. The van der Waals surface area contributed by atoms with Gasteiger partial charge in [-0.2, -0.15) is 0 Å². The number of rotatable bonds is 3. The van der Waals surface area contributed by atoms with Crippen LogP contribution in [0.1, 0.15) is 27.7 Å². The first kappa shape index (κ1) is 11.6. The fraction of sp³-hybridized carbons (Fsp3) is 0.875. The monoisotopic (exact) mass is 190 g/mol. The van der Waals surface area contributed by atoms with Crippen molar-refractivity contribution in [1.29, 1.82) is 0 Å². The zero-order chi connectivity index (χ0) is 9.78. The Balaban J connectivity index is 3.84. The third kappa shape index (κ3) is 5.32. The minimum atomic E-state index is -0.348. The van der Waals surface area contributed by atoms with Crippen LogP contribution < -0.4 is 10.6 Å². The molecule has 3 nitrogen and oxygen atoms in total. The fourth-order valence-corrected chi connectivity index (χ4v) is 1.16. The van der Waals surface area contributed by atoms with Gasteiger partial charge in [0.2, 0.25) is 0 Å². The molecule has 12 heavy (non-hydrogen) atoms. The molecule has 0 aliphatic carbocycles. The molecule has 4 heteroatoms. The Morgan fingerprint density at radius 3 is 2.33 bits per heavy atom. The molecular formula is C8H18N2OS. The van der Waals surface area contributed by atoms with Crippen LogP contribution in [0.5, 0.6) is 0 Å². The van der Waals surface area contributed by atoms with Crippen LogP contribution in [0.2, 0.25) is 0 Å². The van der Waals surface area contributed by atoms with Gasteiger partial charge in [-0.3, -0.25) is 0 Å². The maximum Gasteiger partial charge on any atom is 0.166 e. The topological polar surface area (TPSA) is 44.3 Å². The lowest BCUT2D eigenvalue weighted by atomic mass is 10.1. The summed E-state index contributed by atoms with van der Waals surface area (Å²) in [5.74, 6) is 0. The van der Waals surface area contributed by atoms with Gasteiger partial charge in [0.15, 0.2) is 5.11 Å². The minimum absolute atomic E-state index is 0.0624. The van der Waals surface area contributed by atoms with Crippen LogP contribution in [0.4, 0.5) is 0 Å². The van der Waals surface area contributed by atoms with E-state index in [9.17, 15) is 0 Å². The summed E-state index contributed by atoms with van der Waals surface area (Å²) in [6, 6.07) is 0.319. The maximum atomic E-state index is 8.93. The smallest absolute Gasteiger partial charge is 0.166 e. The highest BCUT2D eigenvalue weighted by molar-refractivity contribution is 7.80. The Morgan fingerprint density at radius 2 is 2.00 bits per heavy atom. The molecule has 0 aliphatic heterocycles. The molecular weight excluding hydrogens is 172 g/mol. The van der Waals surface area contributed by atoms with Gasteiger partial charge >= 0.3 is 0 Å². The third-order valence-corrected chi connectivity index (χ3v) is 1.49. The van der Waals surface area contributed by atoms with Crippen molar-refractivity contribution in [3.8, 4) is 0 Å². The summed E-state index contributed by atoms with van der Waals surface area (Å²) >= 11 is 5.01. The van der Waals surface area contributed by atoms with Gasteiger partial charge in [-0.05, 0) is 39.9 Å². The molecule has 0 atom stereocenters. The van der Waals surface area contributed by atoms with Gasteiger partial charge in [-0.15, -0.1) is 0 Å². The number of hydrogen-bond acceptors (Lipinski definition) is 2. The van der Waals surface area contributed by atoms with Crippen LogP contribution in [-0.2, 0) is 0 Å². The van der Waals surface area contributed by atoms with E-state index in [1.54, 1.807) is 0 Å². The molecule has 72 valence electrons. The Bertz CT molecular complexity index is 157. The molecule has 0 heterocycles. The largest absolute Gasteiger partial charge is 0.394 e. The molecule has 0 saturated heterocycles. The molecule has 0 spiro atoms. The highest BCUT2D eigenvalue weighted by Crippen LogP contribution is 1.98. The van der Waals surface area contributed by atoms with E-state index >= 15 is 0 Å². The lowest BCUT2D eigenvalue weighted by Crippen LogP contribution is -2.51. The second kappa shape index (κ2) is 4.62. The highest BCUT2D eigenvalue weighted by atomic mass is 32.1. The predicted molar refractivity (Wildman–Crippen MR) is 55.2 cm³/mol. The molecule has 3 N–H and O–H groups in total. The van der Waals surface area contributed by atoms with E-state index in [1.807, 2.05) is 27.7 Å². The van der Waals surface area contributed by atoms with E-state index in [4.69, 9.17) is 17.3 Å². The molecule has 0 bridgehead atoms. The van der Waals surface area contributed by atoms with E-state index in [0.717, 1.165) is 0 Å². The average molecular weight is 190 g/mol. The first-order chi connectivity index (χ1) is 5.37. The van der Waals surface area contributed by atoms with Crippen molar-refractivity contribution in [2.24, 2.45) is 0 Å². The number of hydrogen-bond donors (Lipinski definition) is 3. The minimum Gasteiger partial charge on any atom is -0.394 e. The fourth-order valence-electron chi connectivity index (χ4n) is 0.645. The quantitative estimate of drug-likeness (QED) is 0.571. The first-order valence-electron chi connectivity index (χ1n) is 4.07. The molecule has 0 aromatic carbocycles. The second-order valence-electron chi connectivity index (χ2n) is 3.80. The van der Waals surface area contributed by atoms with E-state index in [-0.39, 0.29) is 12.1 Å². The van der Waals surface area contributed by atoms with E-state index < -0.39 is 0 Å². The first-order valence-corrected chi connectivity index (χ1v) is 4.48. The number of thiocarbonyl (C=S) groups is 1. The highest BCUT2D eigenvalue weighted by Gasteiger charge is 2.16. The summed E-state index contributed by atoms with van der Waals surface area (Å²) in [6.45, 7) is 7.87. The zero-order valence-corrected chi connectivity index (χ0v) is 8.96. The Labute approximate surface area is 79.5 Å².